The molecule has 0 aromatic carbocycles. The minimum absolute atomic E-state index is 0. The van der Waals surface area contributed by atoms with Crippen LogP contribution in [0.3, 0.4) is 0 Å². The van der Waals surface area contributed by atoms with E-state index >= 15 is 0 Å². The van der Waals surface area contributed by atoms with E-state index in [4.69, 9.17) is 0 Å². The third kappa shape index (κ3) is 15.1. The molecule has 0 aliphatic heterocycles. The van der Waals surface area contributed by atoms with E-state index in [0.29, 0.717) is 0 Å². The van der Waals surface area contributed by atoms with E-state index in [1.165, 1.54) is 0 Å². The zero-order valence-electron chi connectivity index (χ0n) is 12.6. The van der Waals surface area contributed by atoms with Gasteiger partial charge in [-0.1, -0.05) is 54.0 Å². The van der Waals surface area contributed by atoms with Crippen molar-refractivity contribution in [1.82, 2.24) is 9.80 Å². The molecule has 2 atom stereocenters. The number of hydrogen-bond acceptors (Lipinski definition) is 4. The molecule has 0 aromatic heterocycles. The van der Waals surface area contributed by atoms with Crippen molar-refractivity contribution >= 4 is 0 Å². The third-order valence-corrected chi connectivity index (χ3v) is 2.65. The molecule has 0 fully saturated rings. The van der Waals surface area contributed by atoms with Crippen molar-refractivity contribution in [2.45, 2.75) is 54.0 Å². The van der Waals surface area contributed by atoms with Crippen LogP contribution in [-0.2, 0) is 26.2 Å². The zero-order chi connectivity index (χ0) is 13.1. The average Bonchev–Trinajstić information content (AvgIpc) is 2.21. The van der Waals surface area contributed by atoms with Gasteiger partial charge in [-0.15, -0.1) is 0 Å². The molecule has 6 heteroatoms. The summed E-state index contributed by atoms with van der Waals surface area (Å²) in [6.07, 6.45) is -1.07. The minimum Gasteiger partial charge on any atom is -1.00 e. The molecule has 109 valence electrons. The summed E-state index contributed by atoms with van der Waals surface area (Å²) in [5.41, 5.74) is 0. The quantitative estimate of drug-likeness (QED) is 0.477. The summed E-state index contributed by atoms with van der Waals surface area (Å²) in [5, 5.41) is 21.2. The van der Waals surface area contributed by atoms with E-state index in [-0.39, 0.29) is 38.6 Å². The Kier molecular flexibility index (Phi) is 27.4. The van der Waals surface area contributed by atoms with Gasteiger partial charge in [-0.2, -0.15) is 0 Å². The fourth-order valence-electron chi connectivity index (χ4n) is 1.48. The summed E-state index contributed by atoms with van der Waals surface area (Å²) in [6.45, 7) is 14.8. The Morgan fingerprint density at radius 1 is 0.722 bits per heavy atom. The normalized spacial score (nSPS) is 13.0. The van der Waals surface area contributed by atoms with E-state index < -0.39 is 12.5 Å². The molecule has 2 unspecified atom stereocenters. The van der Waals surface area contributed by atoms with Gasteiger partial charge in [-0.25, -0.2) is 0 Å². The molecule has 1 radical (unpaired) electrons. The fraction of sp³-hybridized carbons (Fsp3) is 1.00. The van der Waals surface area contributed by atoms with Gasteiger partial charge >= 0.3 is 26.2 Å². The minimum atomic E-state index is -0.537. The van der Waals surface area contributed by atoms with Crippen LogP contribution in [-0.4, -0.2) is 48.4 Å². The monoisotopic (exact) mass is 357 g/mol. The zero-order valence-corrected chi connectivity index (χ0v) is 15.8. The van der Waals surface area contributed by atoms with E-state index in [9.17, 15) is 10.2 Å². The van der Waals surface area contributed by atoms with Crippen molar-refractivity contribution in [3.63, 3.8) is 0 Å². The van der Waals surface area contributed by atoms with Crippen LogP contribution in [0, 0.1) is 0 Å². The smallest absolute Gasteiger partial charge is 1.00 e. The molecule has 0 aromatic rings. The molecule has 0 rings (SSSR count). The Morgan fingerprint density at radius 3 is 0.889 bits per heavy atom. The molecule has 0 heterocycles. The summed E-state index contributed by atoms with van der Waals surface area (Å²) < 4.78 is 0. The van der Waals surface area contributed by atoms with Crippen molar-refractivity contribution in [2.24, 2.45) is 0 Å². The first-order valence-corrected chi connectivity index (χ1v) is 6.24. The van der Waals surface area contributed by atoms with Gasteiger partial charge in [-0.3, -0.25) is 0 Å². The first-order chi connectivity index (χ1) is 7.44. The molecule has 0 saturated carbocycles. The average molecular weight is 359 g/mol. The van der Waals surface area contributed by atoms with Gasteiger partial charge in [0.05, 0.1) is 0 Å². The third-order valence-electron chi connectivity index (χ3n) is 2.65. The molecular weight excluding hydrogens is 331 g/mol. The van der Waals surface area contributed by atoms with Crippen LogP contribution in [0.1, 0.15) is 41.5 Å². The maximum Gasteiger partial charge on any atom is 3.00 e. The second-order valence-electron chi connectivity index (χ2n) is 3.64. The summed E-state index contributed by atoms with van der Waals surface area (Å²) in [6, 6.07) is 0. The predicted octanol–water partition coefficient (Wildman–Crippen LogP) is -2.93. The van der Waals surface area contributed by atoms with Gasteiger partial charge in [0, 0.05) is 0 Å². The molecule has 0 bridgehead atoms. The van der Waals surface area contributed by atoms with Crippen molar-refractivity contribution in [3.8, 4) is 0 Å². The van der Waals surface area contributed by atoms with Gasteiger partial charge in [-0.05, 0) is 26.2 Å². The van der Waals surface area contributed by atoms with E-state index in [0.717, 1.165) is 26.2 Å². The standard InChI is InChI=1S/2C6H14NO.ClH.Zr/c2*1-4-7(5-2)6(3)8;;/h2*6H,4-5H2,1-3H3;1H;/q2*-1;;+3/p-1. The van der Waals surface area contributed by atoms with Gasteiger partial charge in [0.25, 0.3) is 0 Å². The molecule has 0 saturated heterocycles. The Labute approximate surface area is 138 Å². The summed E-state index contributed by atoms with van der Waals surface area (Å²) in [7, 11) is 0. The van der Waals surface area contributed by atoms with Crippen LogP contribution >= 0.6 is 0 Å². The van der Waals surface area contributed by atoms with E-state index in [1.54, 1.807) is 13.8 Å². The Balaban J connectivity index is -0.0000000980. The maximum atomic E-state index is 10.6. The van der Waals surface area contributed by atoms with E-state index in [1.807, 2.05) is 37.5 Å². The molecule has 0 spiro atoms. The van der Waals surface area contributed by atoms with Crippen LogP contribution in [0.15, 0.2) is 0 Å². The molecule has 0 N–H and O–H groups in total. The van der Waals surface area contributed by atoms with Crippen LogP contribution in [0.4, 0.5) is 0 Å². The van der Waals surface area contributed by atoms with Crippen LogP contribution in [0.25, 0.3) is 0 Å². The Hall–Kier alpha value is 1.01. The van der Waals surface area contributed by atoms with Gasteiger partial charge in [0.15, 0.2) is 0 Å². The van der Waals surface area contributed by atoms with Crippen molar-refractivity contribution in [2.75, 3.05) is 26.2 Å². The number of halogens is 1. The first kappa shape index (κ1) is 27.4. The van der Waals surface area contributed by atoms with E-state index in [2.05, 4.69) is 0 Å². The molecule has 0 aliphatic carbocycles. The molecular formula is C12H28ClN2O2Zr. The number of hydrogen-bond donors (Lipinski definition) is 0. The van der Waals surface area contributed by atoms with Gasteiger partial charge in [0.1, 0.15) is 0 Å². The number of nitrogens with zero attached hydrogens (tertiary/aromatic N) is 2. The van der Waals surface area contributed by atoms with Crippen LogP contribution in [0.2, 0.25) is 0 Å². The second-order valence-corrected chi connectivity index (χ2v) is 3.64. The molecule has 18 heavy (non-hydrogen) atoms. The topological polar surface area (TPSA) is 52.6 Å². The van der Waals surface area contributed by atoms with Crippen molar-refractivity contribution in [1.29, 1.82) is 0 Å². The fourth-order valence-corrected chi connectivity index (χ4v) is 1.48. The van der Waals surface area contributed by atoms with Crippen molar-refractivity contribution in [3.05, 3.63) is 0 Å². The Morgan fingerprint density at radius 2 is 0.889 bits per heavy atom. The first-order valence-electron chi connectivity index (χ1n) is 6.24. The van der Waals surface area contributed by atoms with Gasteiger partial charge in [0.2, 0.25) is 0 Å². The summed E-state index contributed by atoms with van der Waals surface area (Å²) in [4.78, 5) is 3.72. The SMILES string of the molecule is CCN(CC)C(C)[O-].CCN(CC)C(C)[O-].[Cl-].[Zr+3]. The maximum absolute atomic E-state index is 10.6. The second kappa shape index (κ2) is 18.0. The molecule has 0 aliphatic rings. The number of rotatable bonds is 6. The van der Waals surface area contributed by atoms with Crippen LogP contribution < -0.4 is 22.6 Å². The molecule has 0 amide bonds. The summed E-state index contributed by atoms with van der Waals surface area (Å²) >= 11 is 0. The van der Waals surface area contributed by atoms with Crippen LogP contribution in [0.5, 0.6) is 0 Å². The predicted molar refractivity (Wildman–Crippen MR) is 64.8 cm³/mol. The van der Waals surface area contributed by atoms with Crippen molar-refractivity contribution < 1.29 is 48.8 Å². The van der Waals surface area contributed by atoms with Gasteiger partial charge < -0.3 is 32.4 Å². The summed E-state index contributed by atoms with van der Waals surface area (Å²) in [5.74, 6) is 0. The molecule has 4 nitrogen and oxygen atoms in total. The Bertz CT molecular complexity index is 128. The largest absolute Gasteiger partial charge is 3.00 e.